The van der Waals surface area contributed by atoms with E-state index in [1.165, 1.54) is 25.7 Å². The molecule has 1 saturated heterocycles. The molecule has 3 nitrogen and oxygen atoms in total. The first-order chi connectivity index (χ1) is 7.63. The van der Waals surface area contributed by atoms with Crippen LogP contribution in [0.3, 0.4) is 0 Å². The van der Waals surface area contributed by atoms with Gasteiger partial charge in [0.05, 0.1) is 12.5 Å². The van der Waals surface area contributed by atoms with E-state index in [-0.39, 0.29) is 6.42 Å². The smallest absolute Gasteiger partial charge is 0.103 e. The first kappa shape index (κ1) is 11.9. The van der Waals surface area contributed by atoms with Crippen molar-refractivity contribution in [1.29, 1.82) is 5.26 Å². The van der Waals surface area contributed by atoms with Gasteiger partial charge in [0.2, 0.25) is 0 Å². The molecule has 90 valence electrons. The lowest BCUT2D eigenvalue weighted by molar-refractivity contribution is -0.102. The second kappa shape index (κ2) is 4.73. The normalized spacial score (nSPS) is 34.1. The predicted molar refractivity (Wildman–Crippen MR) is 62.7 cm³/mol. The van der Waals surface area contributed by atoms with Gasteiger partial charge in [-0.2, -0.15) is 5.26 Å². The highest BCUT2D eigenvalue weighted by atomic mass is 16.3. The van der Waals surface area contributed by atoms with Gasteiger partial charge < -0.3 is 5.11 Å². The van der Waals surface area contributed by atoms with Crippen molar-refractivity contribution in [2.75, 3.05) is 19.6 Å². The summed E-state index contributed by atoms with van der Waals surface area (Å²) < 4.78 is 0. The summed E-state index contributed by atoms with van der Waals surface area (Å²) in [6.07, 6.45) is 5.74. The number of aliphatic hydroxyl groups is 1. The Bertz CT molecular complexity index is 278. The molecule has 1 heterocycles. The Morgan fingerprint density at radius 3 is 2.69 bits per heavy atom. The summed E-state index contributed by atoms with van der Waals surface area (Å²) in [6, 6.07) is 2.07. The average molecular weight is 222 g/mol. The summed E-state index contributed by atoms with van der Waals surface area (Å²) in [5.41, 5.74) is -0.702. The topological polar surface area (TPSA) is 47.3 Å². The third kappa shape index (κ3) is 2.56. The van der Waals surface area contributed by atoms with E-state index >= 15 is 0 Å². The van der Waals surface area contributed by atoms with Crippen LogP contribution in [0.2, 0.25) is 0 Å². The Kier molecular flexibility index (Phi) is 3.51. The second-order valence-corrected chi connectivity index (χ2v) is 5.75. The summed E-state index contributed by atoms with van der Waals surface area (Å²) in [6.45, 7) is 4.87. The number of likely N-dealkylation sites (tertiary alicyclic amines) is 1. The van der Waals surface area contributed by atoms with Crippen LogP contribution in [0.25, 0.3) is 0 Å². The highest BCUT2D eigenvalue weighted by Crippen LogP contribution is 2.33. The lowest BCUT2D eigenvalue weighted by atomic mass is 9.79. The SMILES string of the molecule is CC1CCCCC1CN1CC(O)(CC#N)C1. The molecule has 0 aromatic carbocycles. The number of hydrogen-bond donors (Lipinski definition) is 1. The number of β-amino-alcohol motifs (C(OH)–C–C–N with tert-alkyl or cyclic N) is 1. The first-order valence-corrected chi connectivity index (χ1v) is 6.45. The molecule has 0 aromatic rings. The van der Waals surface area contributed by atoms with E-state index in [0.717, 1.165) is 18.4 Å². The molecule has 2 aliphatic rings. The van der Waals surface area contributed by atoms with Crippen molar-refractivity contribution in [1.82, 2.24) is 4.90 Å². The maximum absolute atomic E-state index is 9.91. The molecule has 1 N–H and O–H groups in total. The number of nitrogens with zero attached hydrogens (tertiary/aromatic N) is 2. The molecule has 0 bridgehead atoms. The molecule has 0 aromatic heterocycles. The molecule has 0 spiro atoms. The fraction of sp³-hybridized carbons (Fsp3) is 0.923. The third-order valence-electron chi connectivity index (χ3n) is 4.23. The minimum atomic E-state index is -0.702. The fourth-order valence-corrected chi connectivity index (χ4v) is 3.17. The molecule has 1 saturated carbocycles. The summed E-state index contributed by atoms with van der Waals surface area (Å²) in [5, 5.41) is 18.5. The quantitative estimate of drug-likeness (QED) is 0.791. The molecule has 0 amide bonds. The van der Waals surface area contributed by atoms with Crippen LogP contribution >= 0.6 is 0 Å². The van der Waals surface area contributed by atoms with E-state index in [4.69, 9.17) is 5.26 Å². The minimum Gasteiger partial charge on any atom is -0.386 e. The van der Waals surface area contributed by atoms with Crippen molar-refractivity contribution in [2.45, 2.75) is 44.6 Å². The van der Waals surface area contributed by atoms with E-state index in [9.17, 15) is 5.11 Å². The zero-order valence-corrected chi connectivity index (χ0v) is 10.2. The number of nitriles is 1. The van der Waals surface area contributed by atoms with E-state index in [1.807, 2.05) is 0 Å². The minimum absolute atomic E-state index is 0.281. The van der Waals surface area contributed by atoms with E-state index in [1.54, 1.807) is 0 Å². The van der Waals surface area contributed by atoms with Gasteiger partial charge in [0.15, 0.2) is 0 Å². The lowest BCUT2D eigenvalue weighted by Crippen LogP contribution is -2.62. The largest absolute Gasteiger partial charge is 0.386 e. The molecule has 3 heteroatoms. The molecule has 2 unspecified atom stereocenters. The van der Waals surface area contributed by atoms with E-state index in [2.05, 4.69) is 17.9 Å². The maximum Gasteiger partial charge on any atom is 0.103 e. The van der Waals surface area contributed by atoms with Gasteiger partial charge in [0, 0.05) is 19.6 Å². The summed E-state index contributed by atoms with van der Waals surface area (Å²) in [7, 11) is 0. The van der Waals surface area contributed by atoms with E-state index < -0.39 is 5.60 Å². The number of hydrogen-bond acceptors (Lipinski definition) is 3. The zero-order chi connectivity index (χ0) is 11.6. The van der Waals surface area contributed by atoms with Gasteiger partial charge in [-0.3, -0.25) is 4.90 Å². The molecule has 1 aliphatic heterocycles. The third-order valence-corrected chi connectivity index (χ3v) is 4.23. The van der Waals surface area contributed by atoms with Crippen LogP contribution in [0, 0.1) is 23.2 Å². The molecule has 2 rings (SSSR count). The summed E-state index contributed by atoms with van der Waals surface area (Å²) >= 11 is 0. The van der Waals surface area contributed by atoms with E-state index in [0.29, 0.717) is 13.1 Å². The summed E-state index contributed by atoms with van der Waals surface area (Å²) in [5.74, 6) is 1.64. The van der Waals surface area contributed by atoms with Gasteiger partial charge in [-0.25, -0.2) is 0 Å². The average Bonchev–Trinajstić information content (AvgIpc) is 2.19. The van der Waals surface area contributed by atoms with Crippen molar-refractivity contribution in [3.8, 4) is 6.07 Å². The van der Waals surface area contributed by atoms with Crippen molar-refractivity contribution >= 4 is 0 Å². The highest BCUT2D eigenvalue weighted by Gasteiger charge is 2.41. The van der Waals surface area contributed by atoms with Crippen LogP contribution < -0.4 is 0 Å². The standard InChI is InChI=1S/C13H22N2O/c1-11-4-2-3-5-12(11)8-15-9-13(16,10-15)6-7-14/h11-12,16H,2-6,8-10H2,1H3. The van der Waals surface area contributed by atoms with Crippen LogP contribution in [0.15, 0.2) is 0 Å². The Balaban J connectivity index is 1.74. The molecule has 1 aliphatic carbocycles. The van der Waals surface area contributed by atoms with Crippen molar-refractivity contribution in [2.24, 2.45) is 11.8 Å². The van der Waals surface area contributed by atoms with Crippen LogP contribution in [0.1, 0.15) is 39.0 Å². The van der Waals surface area contributed by atoms with Crippen LogP contribution in [-0.2, 0) is 0 Å². The Morgan fingerprint density at radius 1 is 1.38 bits per heavy atom. The van der Waals surface area contributed by atoms with Crippen molar-refractivity contribution < 1.29 is 5.11 Å². The molecular formula is C13H22N2O. The molecule has 0 radical (unpaired) electrons. The second-order valence-electron chi connectivity index (χ2n) is 5.75. The van der Waals surface area contributed by atoms with Gasteiger partial charge in [0.25, 0.3) is 0 Å². The van der Waals surface area contributed by atoms with Gasteiger partial charge in [-0.05, 0) is 18.3 Å². The Labute approximate surface area is 98.1 Å². The number of rotatable bonds is 3. The molecule has 16 heavy (non-hydrogen) atoms. The Morgan fingerprint density at radius 2 is 2.06 bits per heavy atom. The fourth-order valence-electron chi connectivity index (χ4n) is 3.17. The van der Waals surface area contributed by atoms with Crippen LogP contribution in [-0.4, -0.2) is 35.2 Å². The first-order valence-electron chi connectivity index (χ1n) is 6.45. The van der Waals surface area contributed by atoms with Crippen LogP contribution in [0.4, 0.5) is 0 Å². The van der Waals surface area contributed by atoms with Gasteiger partial charge in [-0.15, -0.1) is 0 Å². The maximum atomic E-state index is 9.91. The van der Waals surface area contributed by atoms with Crippen molar-refractivity contribution in [3.63, 3.8) is 0 Å². The van der Waals surface area contributed by atoms with Gasteiger partial charge in [-0.1, -0.05) is 26.2 Å². The molecule has 2 atom stereocenters. The monoisotopic (exact) mass is 222 g/mol. The highest BCUT2D eigenvalue weighted by molar-refractivity contribution is 5.01. The van der Waals surface area contributed by atoms with Crippen LogP contribution in [0.5, 0.6) is 0 Å². The van der Waals surface area contributed by atoms with Gasteiger partial charge in [0.1, 0.15) is 5.60 Å². The Hall–Kier alpha value is -0.590. The molecule has 2 fully saturated rings. The lowest BCUT2D eigenvalue weighted by Gasteiger charge is -2.47. The molecular weight excluding hydrogens is 200 g/mol. The van der Waals surface area contributed by atoms with Gasteiger partial charge >= 0.3 is 0 Å². The predicted octanol–water partition coefficient (Wildman–Crippen LogP) is 1.77. The summed E-state index contributed by atoms with van der Waals surface area (Å²) in [4.78, 5) is 2.31. The zero-order valence-electron chi connectivity index (χ0n) is 10.2. The van der Waals surface area contributed by atoms with Crippen molar-refractivity contribution in [3.05, 3.63) is 0 Å².